The molecule has 0 unspecified atom stereocenters. The Hall–Kier alpha value is -0.420. The zero-order valence-electron chi connectivity index (χ0n) is 10.2. The van der Waals surface area contributed by atoms with Crippen LogP contribution in [0.3, 0.4) is 0 Å². The fourth-order valence-electron chi connectivity index (χ4n) is 2.68. The van der Waals surface area contributed by atoms with Crippen molar-refractivity contribution in [2.45, 2.75) is 56.5 Å². The van der Waals surface area contributed by atoms with Gasteiger partial charge in [0.1, 0.15) is 0 Å². The molecule has 0 spiro atoms. The van der Waals surface area contributed by atoms with Gasteiger partial charge in [-0.25, -0.2) is 0 Å². The molecule has 0 atom stereocenters. The van der Waals surface area contributed by atoms with Crippen LogP contribution >= 0.6 is 0 Å². The number of carbonyl (C=O) groups is 1. The molecule has 1 aliphatic heterocycles. The molecule has 4 nitrogen and oxygen atoms in total. The third kappa shape index (κ3) is 3.28. The van der Waals surface area contributed by atoms with Crippen LogP contribution in [0.25, 0.3) is 0 Å². The van der Waals surface area contributed by atoms with Crippen LogP contribution in [0, 0.1) is 0 Å². The minimum atomic E-state index is -0.673. The van der Waals surface area contributed by atoms with Gasteiger partial charge in [0, 0.05) is 28.3 Å². The largest absolute Gasteiger partial charge is 0.352 e. The molecular weight excluding hydrogens is 236 g/mol. The van der Waals surface area contributed by atoms with Crippen LogP contribution in [-0.4, -0.2) is 33.2 Å². The minimum absolute atomic E-state index is 0.00915. The van der Waals surface area contributed by atoms with Gasteiger partial charge in [0.2, 0.25) is 5.91 Å². The highest BCUT2D eigenvalue weighted by molar-refractivity contribution is 7.85. The summed E-state index contributed by atoms with van der Waals surface area (Å²) in [4.78, 5) is 12.2. The molecule has 1 saturated carbocycles. The van der Waals surface area contributed by atoms with Crippen molar-refractivity contribution >= 4 is 16.7 Å². The van der Waals surface area contributed by atoms with Crippen LogP contribution < -0.4 is 11.1 Å². The number of nitrogens with two attached hydrogens (primary N) is 1. The standard InChI is InChI=1S/C12H22N2O2S/c13-12(6-2-1-3-7-12)11(15)14-10-4-8-17(16)9-5-10/h10H,1-9,13H2,(H,14,15). The first-order valence-electron chi connectivity index (χ1n) is 6.55. The second-order valence-electron chi connectivity index (χ2n) is 5.31. The van der Waals surface area contributed by atoms with E-state index < -0.39 is 16.3 Å². The summed E-state index contributed by atoms with van der Waals surface area (Å²) in [5.74, 6) is 1.43. The van der Waals surface area contributed by atoms with Crippen molar-refractivity contribution < 1.29 is 9.00 Å². The van der Waals surface area contributed by atoms with Gasteiger partial charge >= 0.3 is 0 Å². The van der Waals surface area contributed by atoms with Gasteiger partial charge in [-0.2, -0.15) is 0 Å². The molecule has 98 valence electrons. The van der Waals surface area contributed by atoms with Crippen molar-refractivity contribution in [2.75, 3.05) is 11.5 Å². The molecule has 0 aromatic rings. The van der Waals surface area contributed by atoms with Crippen LogP contribution in [-0.2, 0) is 15.6 Å². The summed E-state index contributed by atoms with van der Waals surface area (Å²) in [5, 5.41) is 3.05. The lowest BCUT2D eigenvalue weighted by molar-refractivity contribution is -0.128. The predicted octanol–water partition coefficient (Wildman–Crippen LogP) is 0.675. The average molecular weight is 258 g/mol. The maximum atomic E-state index is 12.2. The maximum Gasteiger partial charge on any atom is 0.240 e. The lowest BCUT2D eigenvalue weighted by atomic mass is 9.81. The van der Waals surface area contributed by atoms with E-state index >= 15 is 0 Å². The second-order valence-corrected chi connectivity index (χ2v) is 7.01. The van der Waals surface area contributed by atoms with Gasteiger partial charge in [0.05, 0.1) is 5.54 Å². The van der Waals surface area contributed by atoms with E-state index in [1.165, 1.54) is 6.42 Å². The lowest BCUT2D eigenvalue weighted by Gasteiger charge is -2.34. The Labute approximate surface area is 105 Å². The SMILES string of the molecule is NC1(C(=O)NC2CCS(=O)CC2)CCCCC1. The molecule has 1 heterocycles. The predicted molar refractivity (Wildman–Crippen MR) is 69.0 cm³/mol. The first-order valence-corrected chi connectivity index (χ1v) is 8.04. The lowest BCUT2D eigenvalue weighted by Crippen LogP contribution is -2.57. The molecule has 0 radical (unpaired) electrons. The number of hydrogen-bond acceptors (Lipinski definition) is 3. The van der Waals surface area contributed by atoms with E-state index in [0.717, 1.165) is 38.5 Å². The van der Waals surface area contributed by atoms with E-state index in [-0.39, 0.29) is 11.9 Å². The summed E-state index contributed by atoms with van der Waals surface area (Å²) in [6.07, 6.45) is 6.56. The molecule has 0 bridgehead atoms. The van der Waals surface area contributed by atoms with Crippen LogP contribution in [0.5, 0.6) is 0 Å². The molecule has 0 aromatic carbocycles. The van der Waals surface area contributed by atoms with Gasteiger partial charge in [0.25, 0.3) is 0 Å². The van der Waals surface area contributed by atoms with Crippen molar-refractivity contribution in [1.82, 2.24) is 5.32 Å². The van der Waals surface area contributed by atoms with E-state index in [1.54, 1.807) is 0 Å². The number of hydrogen-bond donors (Lipinski definition) is 2. The third-order valence-electron chi connectivity index (χ3n) is 3.92. The molecular formula is C12H22N2O2S. The van der Waals surface area contributed by atoms with Gasteiger partial charge in [0.15, 0.2) is 0 Å². The number of amides is 1. The Morgan fingerprint density at radius 3 is 2.35 bits per heavy atom. The zero-order chi connectivity index (χ0) is 12.3. The molecule has 2 fully saturated rings. The molecule has 5 heteroatoms. The summed E-state index contributed by atoms with van der Waals surface area (Å²) in [5.41, 5.74) is 5.53. The van der Waals surface area contributed by atoms with Gasteiger partial charge in [-0.1, -0.05) is 19.3 Å². The van der Waals surface area contributed by atoms with Gasteiger partial charge in [-0.05, 0) is 25.7 Å². The molecule has 0 aromatic heterocycles. The summed E-state index contributed by atoms with van der Waals surface area (Å²) in [6.45, 7) is 0. The number of nitrogens with one attached hydrogen (secondary N) is 1. The van der Waals surface area contributed by atoms with E-state index in [0.29, 0.717) is 11.5 Å². The minimum Gasteiger partial charge on any atom is -0.352 e. The highest BCUT2D eigenvalue weighted by atomic mass is 32.2. The van der Waals surface area contributed by atoms with Crippen LogP contribution in [0.15, 0.2) is 0 Å². The smallest absolute Gasteiger partial charge is 0.240 e. The fourth-order valence-corrected chi connectivity index (χ4v) is 3.98. The quantitative estimate of drug-likeness (QED) is 0.765. The molecule has 1 saturated heterocycles. The topological polar surface area (TPSA) is 72.2 Å². The van der Waals surface area contributed by atoms with Crippen molar-refractivity contribution in [1.29, 1.82) is 0 Å². The molecule has 17 heavy (non-hydrogen) atoms. The Kier molecular flexibility index (Phi) is 4.20. The summed E-state index contributed by atoms with van der Waals surface area (Å²) in [7, 11) is -0.673. The Bertz CT molecular complexity index is 304. The molecule has 1 aliphatic carbocycles. The van der Waals surface area contributed by atoms with Crippen LogP contribution in [0.1, 0.15) is 44.9 Å². The van der Waals surface area contributed by atoms with E-state index in [1.807, 2.05) is 0 Å². The maximum absolute atomic E-state index is 12.2. The van der Waals surface area contributed by atoms with Crippen molar-refractivity contribution in [3.8, 4) is 0 Å². The van der Waals surface area contributed by atoms with Crippen LogP contribution in [0.4, 0.5) is 0 Å². The van der Waals surface area contributed by atoms with Gasteiger partial charge < -0.3 is 11.1 Å². The highest BCUT2D eigenvalue weighted by Crippen LogP contribution is 2.26. The average Bonchev–Trinajstić information content (AvgIpc) is 2.33. The third-order valence-corrected chi connectivity index (χ3v) is 5.30. The summed E-state index contributed by atoms with van der Waals surface area (Å²) >= 11 is 0. The number of carbonyl (C=O) groups excluding carboxylic acids is 1. The molecule has 2 rings (SSSR count). The van der Waals surface area contributed by atoms with Crippen molar-refractivity contribution in [2.24, 2.45) is 5.73 Å². The monoisotopic (exact) mass is 258 g/mol. The van der Waals surface area contributed by atoms with Crippen molar-refractivity contribution in [3.05, 3.63) is 0 Å². The van der Waals surface area contributed by atoms with Gasteiger partial charge in [-0.15, -0.1) is 0 Å². The second kappa shape index (κ2) is 5.48. The van der Waals surface area contributed by atoms with E-state index in [4.69, 9.17) is 5.73 Å². The summed E-state index contributed by atoms with van der Waals surface area (Å²) in [6, 6.07) is 0.183. The normalized spacial score (nSPS) is 33.0. The zero-order valence-corrected chi connectivity index (χ0v) is 11.1. The van der Waals surface area contributed by atoms with E-state index in [2.05, 4.69) is 5.32 Å². The van der Waals surface area contributed by atoms with E-state index in [9.17, 15) is 9.00 Å². The molecule has 1 amide bonds. The fraction of sp³-hybridized carbons (Fsp3) is 0.917. The van der Waals surface area contributed by atoms with Crippen LogP contribution in [0.2, 0.25) is 0 Å². The number of rotatable bonds is 2. The Morgan fingerprint density at radius 1 is 1.18 bits per heavy atom. The molecule has 3 N–H and O–H groups in total. The highest BCUT2D eigenvalue weighted by Gasteiger charge is 2.36. The first-order chi connectivity index (χ1) is 8.10. The Morgan fingerprint density at radius 2 is 1.76 bits per heavy atom. The summed E-state index contributed by atoms with van der Waals surface area (Å²) < 4.78 is 11.2. The first kappa shape index (κ1) is 13.0. The Balaban J connectivity index is 1.85. The van der Waals surface area contributed by atoms with Crippen molar-refractivity contribution in [3.63, 3.8) is 0 Å². The molecule has 2 aliphatic rings. The van der Waals surface area contributed by atoms with Gasteiger partial charge in [-0.3, -0.25) is 9.00 Å².